The number of H-pyrrole nitrogens is 1. The third-order valence-corrected chi connectivity index (χ3v) is 4.22. The summed E-state index contributed by atoms with van der Waals surface area (Å²) in [4.78, 5) is 38.5. The molecular formula is C13H11N3O3. The Balaban J connectivity index is 1.97. The van der Waals surface area contributed by atoms with Crippen molar-refractivity contribution in [3.05, 3.63) is 34.7 Å². The number of hydrogen-bond acceptors (Lipinski definition) is 3. The summed E-state index contributed by atoms with van der Waals surface area (Å²) < 4.78 is 1.50. The molecule has 3 fully saturated rings. The van der Waals surface area contributed by atoms with E-state index < -0.39 is 5.54 Å². The molecule has 0 spiro atoms. The fourth-order valence-electron chi connectivity index (χ4n) is 3.22. The van der Waals surface area contributed by atoms with Crippen molar-refractivity contribution in [2.24, 2.45) is 5.92 Å². The maximum Gasteiger partial charge on any atom is 0.327 e. The number of imidazole rings is 1. The summed E-state index contributed by atoms with van der Waals surface area (Å²) in [6.45, 7) is 0. The van der Waals surface area contributed by atoms with Gasteiger partial charge in [-0.25, -0.2) is 4.79 Å². The van der Waals surface area contributed by atoms with Gasteiger partial charge in [0.25, 0.3) is 5.91 Å². The first kappa shape index (κ1) is 10.5. The third kappa shape index (κ3) is 1.13. The molecule has 3 heterocycles. The van der Waals surface area contributed by atoms with Gasteiger partial charge < -0.3 is 4.98 Å². The van der Waals surface area contributed by atoms with Crippen molar-refractivity contribution in [3.63, 3.8) is 0 Å². The smallest absolute Gasteiger partial charge is 0.306 e. The van der Waals surface area contributed by atoms with E-state index in [2.05, 4.69) is 10.3 Å². The molecule has 0 atom stereocenters. The Morgan fingerprint density at radius 3 is 2.63 bits per heavy atom. The van der Waals surface area contributed by atoms with Crippen LogP contribution in [-0.4, -0.2) is 21.4 Å². The predicted molar refractivity (Wildman–Crippen MR) is 66.4 cm³/mol. The number of amides is 2. The standard InChI is InChI=1S/C13H11N3O3/c17-10-7-5-13(6-7,11(18)15-10)16-9-4-2-1-3-8(9)14-12(16)19/h1-4,7H,5-6H2,(H,14,19)(H,15,17,18). The van der Waals surface area contributed by atoms with Gasteiger partial charge >= 0.3 is 5.69 Å². The van der Waals surface area contributed by atoms with Crippen molar-refractivity contribution in [3.8, 4) is 0 Å². The molecule has 5 rings (SSSR count). The number of imide groups is 1. The fraction of sp³-hybridized carbons (Fsp3) is 0.308. The number of nitrogens with zero attached hydrogens (tertiary/aromatic N) is 1. The second kappa shape index (κ2) is 3.14. The summed E-state index contributed by atoms with van der Waals surface area (Å²) in [7, 11) is 0. The predicted octanol–water partition coefficient (Wildman–Crippen LogP) is 0.0913. The van der Waals surface area contributed by atoms with Crippen LogP contribution in [0.5, 0.6) is 0 Å². The van der Waals surface area contributed by atoms with Crippen molar-refractivity contribution < 1.29 is 9.59 Å². The number of benzene rings is 1. The van der Waals surface area contributed by atoms with Gasteiger partial charge in [-0.3, -0.25) is 19.5 Å². The van der Waals surface area contributed by atoms with Gasteiger partial charge in [-0.15, -0.1) is 0 Å². The molecule has 1 aromatic carbocycles. The minimum atomic E-state index is -0.894. The Morgan fingerprint density at radius 2 is 1.89 bits per heavy atom. The molecule has 19 heavy (non-hydrogen) atoms. The van der Waals surface area contributed by atoms with E-state index in [0.29, 0.717) is 23.9 Å². The second-order valence-corrected chi connectivity index (χ2v) is 5.24. The lowest BCUT2D eigenvalue weighted by Crippen LogP contribution is -2.68. The number of piperidine rings is 2. The lowest BCUT2D eigenvalue weighted by Gasteiger charge is -2.49. The number of fused-ring (bicyclic) bond motifs is 3. The second-order valence-electron chi connectivity index (χ2n) is 5.24. The van der Waals surface area contributed by atoms with Crippen LogP contribution in [0.2, 0.25) is 0 Å². The van der Waals surface area contributed by atoms with Gasteiger partial charge in [0, 0.05) is 5.92 Å². The number of hydrogen-bond donors (Lipinski definition) is 2. The highest BCUT2D eigenvalue weighted by atomic mass is 16.2. The molecule has 1 aliphatic carbocycles. The van der Waals surface area contributed by atoms with Crippen molar-refractivity contribution >= 4 is 22.8 Å². The zero-order valence-electron chi connectivity index (χ0n) is 9.97. The molecule has 2 aromatic rings. The molecule has 2 N–H and O–H groups in total. The highest BCUT2D eigenvalue weighted by Crippen LogP contribution is 2.47. The lowest BCUT2D eigenvalue weighted by atomic mass is 9.64. The van der Waals surface area contributed by atoms with Crippen LogP contribution in [0.4, 0.5) is 0 Å². The number of carbonyl (C=O) groups is 2. The van der Waals surface area contributed by atoms with Crippen LogP contribution in [0.25, 0.3) is 11.0 Å². The van der Waals surface area contributed by atoms with Crippen LogP contribution in [0.3, 0.4) is 0 Å². The number of carbonyl (C=O) groups excluding carboxylic acids is 2. The number of para-hydroxylation sites is 2. The van der Waals surface area contributed by atoms with E-state index in [1.165, 1.54) is 4.57 Å². The maximum atomic E-state index is 12.2. The van der Waals surface area contributed by atoms with Gasteiger partial charge in [-0.2, -0.15) is 0 Å². The molecule has 6 heteroatoms. The van der Waals surface area contributed by atoms with E-state index in [-0.39, 0.29) is 23.4 Å². The van der Waals surface area contributed by atoms with Crippen molar-refractivity contribution in [1.82, 2.24) is 14.9 Å². The Morgan fingerprint density at radius 1 is 1.16 bits per heavy atom. The van der Waals surface area contributed by atoms with Crippen LogP contribution in [0.1, 0.15) is 12.8 Å². The van der Waals surface area contributed by atoms with Crippen molar-refractivity contribution in [2.45, 2.75) is 18.4 Å². The van der Waals surface area contributed by atoms with E-state index in [4.69, 9.17) is 0 Å². The van der Waals surface area contributed by atoms with Gasteiger partial charge in [0.15, 0.2) is 0 Å². The molecule has 1 saturated carbocycles. The number of aromatic amines is 1. The molecule has 2 aliphatic heterocycles. The summed E-state index contributed by atoms with van der Waals surface area (Å²) in [5.41, 5.74) is 0.213. The molecular weight excluding hydrogens is 246 g/mol. The summed E-state index contributed by atoms with van der Waals surface area (Å²) in [6.07, 6.45) is 0.832. The van der Waals surface area contributed by atoms with Crippen LogP contribution in [0, 0.1) is 5.92 Å². The fourth-order valence-corrected chi connectivity index (χ4v) is 3.22. The molecule has 2 amide bonds. The first-order valence-corrected chi connectivity index (χ1v) is 6.17. The van der Waals surface area contributed by atoms with Crippen LogP contribution >= 0.6 is 0 Å². The first-order chi connectivity index (χ1) is 9.12. The molecule has 1 aromatic heterocycles. The van der Waals surface area contributed by atoms with Crippen LogP contribution < -0.4 is 11.0 Å². The molecule has 3 aliphatic rings. The monoisotopic (exact) mass is 257 g/mol. The van der Waals surface area contributed by atoms with Crippen molar-refractivity contribution in [2.75, 3.05) is 0 Å². The highest BCUT2D eigenvalue weighted by Gasteiger charge is 2.59. The lowest BCUT2D eigenvalue weighted by molar-refractivity contribution is -0.156. The van der Waals surface area contributed by atoms with E-state index in [0.717, 1.165) is 0 Å². The van der Waals surface area contributed by atoms with Crippen LogP contribution in [0.15, 0.2) is 29.1 Å². The van der Waals surface area contributed by atoms with E-state index >= 15 is 0 Å². The van der Waals surface area contributed by atoms with E-state index in [1.54, 1.807) is 12.1 Å². The third-order valence-electron chi connectivity index (χ3n) is 4.22. The summed E-state index contributed by atoms with van der Waals surface area (Å²) in [5, 5.41) is 2.35. The summed E-state index contributed by atoms with van der Waals surface area (Å²) >= 11 is 0. The molecule has 0 radical (unpaired) electrons. The van der Waals surface area contributed by atoms with Crippen LogP contribution in [-0.2, 0) is 15.1 Å². The van der Waals surface area contributed by atoms with E-state index in [1.807, 2.05) is 12.1 Å². The minimum absolute atomic E-state index is 0.154. The zero-order chi connectivity index (χ0) is 13.2. The molecule has 0 unspecified atom stereocenters. The number of nitrogens with one attached hydrogen (secondary N) is 2. The topological polar surface area (TPSA) is 84.0 Å². The summed E-state index contributed by atoms with van der Waals surface area (Å²) in [5.74, 6) is -0.745. The van der Waals surface area contributed by atoms with Gasteiger partial charge in [0.05, 0.1) is 11.0 Å². The molecule has 96 valence electrons. The molecule has 2 saturated heterocycles. The van der Waals surface area contributed by atoms with Gasteiger partial charge in [0.2, 0.25) is 5.91 Å². The van der Waals surface area contributed by atoms with Gasteiger partial charge in [-0.05, 0) is 25.0 Å². The Bertz CT molecular complexity index is 780. The SMILES string of the molecule is O=C1NC(=O)C2(n3c(=O)[nH]c4ccccc43)CC1C2. The normalized spacial score (nSPS) is 29.2. The van der Waals surface area contributed by atoms with E-state index in [9.17, 15) is 14.4 Å². The maximum absolute atomic E-state index is 12.2. The number of aromatic nitrogens is 2. The molecule has 2 bridgehead atoms. The Kier molecular flexibility index (Phi) is 1.74. The largest absolute Gasteiger partial charge is 0.327 e. The molecule has 6 nitrogen and oxygen atoms in total. The Labute approximate surface area is 107 Å². The highest BCUT2D eigenvalue weighted by molar-refractivity contribution is 6.06. The van der Waals surface area contributed by atoms with Gasteiger partial charge in [-0.1, -0.05) is 12.1 Å². The first-order valence-electron chi connectivity index (χ1n) is 6.17. The minimum Gasteiger partial charge on any atom is -0.306 e. The average Bonchev–Trinajstić information content (AvgIpc) is 2.64. The quantitative estimate of drug-likeness (QED) is 0.710. The van der Waals surface area contributed by atoms with Gasteiger partial charge in [0.1, 0.15) is 5.54 Å². The zero-order valence-corrected chi connectivity index (χ0v) is 9.97. The Hall–Kier alpha value is -2.37. The average molecular weight is 257 g/mol. The summed E-state index contributed by atoms with van der Waals surface area (Å²) in [6, 6.07) is 7.25. The van der Waals surface area contributed by atoms with Crippen molar-refractivity contribution in [1.29, 1.82) is 0 Å². The number of rotatable bonds is 1.